The molecule has 0 radical (unpaired) electrons. The maximum Gasteiger partial charge on any atom is 0.153 e. The van der Waals surface area contributed by atoms with Crippen molar-refractivity contribution >= 4 is 5.78 Å². The predicted molar refractivity (Wildman–Crippen MR) is 38.3 cm³/mol. The molecule has 1 atom stereocenters. The third-order valence-electron chi connectivity index (χ3n) is 1.26. The molecule has 0 aromatic rings. The first kappa shape index (κ1) is 8.37. The molecule has 52 valence electrons. The van der Waals surface area contributed by atoms with Gasteiger partial charge in [0.2, 0.25) is 0 Å². The van der Waals surface area contributed by atoms with Crippen LogP contribution in [0.2, 0.25) is 0 Å². The molecule has 0 heterocycles. The van der Waals surface area contributed by atoms with Crippen molar-refractivity contribution in [1.29, 1.82) is 0 Å². The van der Waals surface area contributed by atoms with E-state index in [0.29, 0.717) is 6.42 Å². The van der Waals surface area contributed by atoms with E-state index in [4.69, 9.17) is 0 Å². The van der Waals surface area contributed by atoms with Crippen molar-refractivity contribution in [3.05, 3.63) is 12.7 Å². The maximum absolute atomic E-state index is 10.8. The SMILES string of the molecule is C=CCC(=O)C(C)NC. The average molecular weight is 127 g/mol. The van der Waals surface area contributed by atoms with Gasteiger partial charge in [-0.2, -0.15) is 0 Å². The van der Waals surface area contributed by atoms with E-state index in [0.717, 1.165) is 0 Å². The van der Waals surface area contributed by atoms with Crippen molar-refractivity contribution in [2.45, 2.75) is 19.4 Å². The Labute approximate surface area is 56.0 Å². The number of hydrogen-bond donors (Lipinski definition) is 1. The van der Waals surface area contributed by atoms with Crippen molar-refractivity contribution < 1.29 is 4.79 Å². The Hall–Kier alpha value is -0.630. The highest BCUT2D eigenvalue weighted by Crippen LogP contribution is 1.89. The van der Waals surface area contributed by atoms with Crippen LogP contribution in [0.15, 0.2) is 12.7 Å². The topological polar surface area (TPSA) is 29.1 Å². The molecule has 0 saturated carbocycles. The van der Waals surface area contributed by atoms with E-state index in [1.807, 2.05) is 6.92 Å². The summed E-state index contributed by atoms with van der Waals surface area (Å²) < 4.78 is 0. The largest absolute Gasteiger partial charge is 0.311 e. The zero-order valence-corrected chi connectivity index (χ0v) is 5.98. The van der Waals surface area contributed by atoms with Crippen molar-refractivity contribution in [2.75, 3.05) is 7.05 Å². The number of likely N-dealkylation sites (N-methyl/N-ethyl adjacent to an activating group) is 1. The van der Waals surface area contributed by atoms with Crippen LogP contribution in [0.1, 0.15) is 13.3 Å². The minimum Gasteiger partial charge on any atom is -0.311 e. The van der Waals surface area contributed by atoms with E-state index < -0.39 is 0 Å². The summed E-state index contributed by atoms with van der Waals surface area (Å²) in [7, 11) is 1.77. The number of Topliss-reactive ketones (excluding diaryl/α,β-unsaturated/α-hetero) is 1. The molecule has 2 heteroatoms. The Bertz CT molecular complexity index is 109. The smallest absolute Gasteiger partial charge is 0.153 e. The first-order valence-electron chi connectivity index (χ1n) is 3.03. The van der Waals surface area contributed by atoms with Crippen LogP contribution in [-0.4, -0.2) is 18.9 Å². The Morgan fingerprint density at radius 2 is 2.44 bits per heavy atom. The lowest BCUT2D eigenvalue weighted by molar-refractivity contribution is -0.119. The average Bonchev–Trinajstić information content (AvgIpc) is 1.87. The van der Waals surface area contributed by atoms with Crippen molar-refractivity contribution in [3.8, 4) is 0 Å². The van der Waals surface area contributed by atoms with Crippen LogP contribution in [0, 0.1) is 0 Å². The summed E-state index contributed by atoms with van der Waals surface area (Å²) in [6.07, 6.45) is 2.08. The molecule has 0 aliphatic carbocycles. The van der Waals surface area contributed by atoms with Crippen molar-refractivity contribution in [2.24, 2.45) is 0 Å². The van der Waals surface area contributed by atoms with Crippen LogP contribution in [0.4, 0.5) is 0 Å². The standard InChI is InChI=1S/C7H13NO/c1-4-5-7(9)6(2)8-3/h4,6,8H,1,5H2,2-3H3. The van der Waals surface area contributed by atoms with E-state index >= 15 is 0 Å². The Morgan fingerprint density at radius 1 is 1.89 bits per heavy atom. The lowest BCUT2D eigenvalue weighted by Crippen LogP contribution is -2.30. The summed E-state index contributed by atoms with van der Waals surface area (Å²) in [5.74, 6) is 0.188. The molecule has 0 rings (SSSR count). The van der Waals surface area contributed by atoms with E-state index in [9.17, 15) is 4.79 Å². The van der Waals surface area contributed by atoms with E-state index in [1.54, 1.807) is 13.1 Å². The Kier molecular flexibility index (Phi) is 3.97. The minimum absolute atomic E-state index is 0.0389. The van der Waals surface area contributed by atoms with Gasteiger partial charge in [-0.3, -0.25) is 4.79 Å². The number of carbonyl (C=O) groups excluding carboxylic acids is 1. The predicted octanol–water partition coefficient (Wildman–Crippen LogP) is 0.739. The molecule has 9 heavy (non-hydrogen) atoms. The Balaban J connectivity index is 3.58. The van der Waals surface area contributed by atoms with Crippen LogP contribution >= 0.6 is 0 Å². The zero-order chi connectivity index (χ0) is 7.28. The van der Waals surface area contributed by atoms with Gasteiger partial charge in [-0.1, -0.05) is 6.08 Å². The summed E-state index contributed by atoms with van der Waals surface area (Å²) >= 11 is 0. The second kappa shape index (κ2) is 4.27. The number of allylic oxidation sites excluding steroid dienone is 1. The van der Waals surface area contributed by atoms with Gasteiger partial charge in [0.15, 0.2) is 5.78 Å². The quantitative estimate of drug-likeness (QED) is 0.564. The zero-order valence-electron chi connectivity index (χ0n) is 5.98. The third-order valence-corrected chi connectivity index (χ3v) is 1.26. The molecule has 0 amide bonds. The van der Waals surface area contributed by atoms with Gasteiger partial charge in [0.05, 0.1) is 6.04 Å². The molecule has 2 nitrogen and oxygen atoms in total. The first-order chi connectivity index (χ1) is 4.22. The van der Waals surface area contributed by atoms with Crippen LogP contribution in [0.5, 0.6) is 0 Å². The van der Waals surface area contributed by atoms with E-state index in [2.05, 4.69) is 11.9 Å². The fourth-order valence-electron chi connectivity index (χ4n) is 0.480. The molecule has 0 saturated heterocycles. The summed E-state index contributed by atoms with van der Waals surface area (Å²) in [6, 6.07) is -0.0389. The van der Waals surface area contributed by atoms with Gasteiger partial charge in [0.1, 0.15) is 0 Å². The van der Waals surface area contributed by atoms with Crippen LogP contribution in [-0.2, 0) is 4.79 Å². The normalized spacial score (nSPS) is 12.7. The fourth-order valence-corrected chi connectivity index (χ4v) is 0.480. The summed E-state index contributed by atoms with van der Waals surface area (Å²) in [5, 5.41) is 2.85. The van der Waals surface area contributed by atoms with Crippen LogP contribution < -0.4 is 5.32 Å². The second-order valence-corrected chi connectivity index (χ2v) is 1.97. The first-order valence-corrected chi connectivity index (χ1v) is 3.03. The van der Waals surface area contributed by atoms with E-state index in [-0.39, 0.29) is 11.8 Å². The van der Waals surface area contributed by atoms with Crippen LogP contribution in [0.3, 0.4) is 0 Å². The molecule has 0 aliphatic rings. The highest BCUT2D eigenvalue weighted by molar-refractivity contribution is 5.84. The molecule has 1 unspecified atom stereocenters. The fraction of sp³-hybridized carbons (Fsp3) is 0.571. The van der Waals surface area contributed by atoms with Crippen LogP contribution in [0.25, 0.3) is 0 Å². The van der Waals surface area contributed by atoms with Gasteiger partial charge in [-0.05, 0) is 14.0 Å². The summed E-state index contributed by atoms with van der Waals surface area (Å²) in [4.78, 5) is 10.8. The minimum atomic E-state index is -0.0389. The van der Waals surface area contributed by atoms with Gasteiger partial charge in [-0.25, -0.2) is 0 Å². The molecule has 1 N–H and O–H groups in total. The van der Waals surface area contributed by atoms with Gasteiger partial charge < -0.3 is 5.32 Å². The van der Waals surface area contributed by atoms with Gasteiger partial charge in [0, 0.05) is 6.42 Å². The lowest BCUT2D eigenvalue weighted by Gasteiger charge is -2.05. The highest BCUT2D eigenvalue weighted by Gasteiger charge is 2.06. The Morgan fingerprint density at radius 3 is 2.78 bits per heavy atom. The van der Waals surface area contributed by atoms with E-state index in [1.165, 1.54) is 0 Å². The monoisotopic (exact) mass is 127 g/mol. The second-order valence-electron chi connectivity index (χ2n) is 1.97. The van der Waals surface area contributed by atoms with Crippen molar-refractivity contribution in [3.63, 3.8) is 0 Å². The van der Waals surface area contributed by atoms with Crippen molar-refractivity contribution in [1.82, 2.24) is 5.32 Å². The van der Waals surface area contributed by atoms with Gasteiger partial charge in [-0.15, -0.1) is 6.58 Å². The number of ketones is 1. The molecule has 0 fully saturated rings. The number of hydrogen-bond acceptors (Lipinski definition) is 2. The summed E-state index contributed by atoms with van der Waals surface area (Å²) in [6.45, 7) is 5.31. The lowest BCUT2D eigenvalue weighted by atomic mass is 10.1. The maximum atomic E-state index is 10.8. The van der Waals surface area contributed by atoms with Gasteiger partial charge in [0.25, 0.3) is 0 Å². The molecular weight excluding hydrogens is 114 g/mol. The summed E-state index contributed by atoms with van der Waals surface area (Å²) in [5.41, 5.74) is 0. The van der Waals surface area contributed by atoms with Gasteiger partial charge >= 0.3 is 0 Å². The molecule has 0 aromatic carbocycles. The number of carbonyl (C=O) groups is 1. The molecule has 0 spiro atoms. The molecule has 0 aliphatic heterocycles. The number of rotatable bonds is 4. The molecule has 0 aromatic heterocycles. The highest BCUT2D eigenvalue weighted by atomic mass is 16.1. The number of nitrogens with one attached hydrogen (secondary N) is 1. The third kappa shape index (κ3) is 3.03. The molecule has 0 bridgehead atoms. The molecular formula is C7H13NO.